The molecule has 0 aliphatic carbocycles. The van der Waals surface area contributed by atoms with Crippen molar-refractivity contribution in [2.45, 2.75) is 11.8 Å². The van der Waals surface area contributed by atoms with Crippen LogP contribution in [0.1, 0.15) is 26.2 Å². The first-order valence-corrected chi connectivity index (χ1v) is 14.2. The van der Waals surface area contributed by atoms with Crippen molar-refractivity contribution in [3.8, 4) is 11.1 Å². The molecule has 0 fully saturated rings. The van der Waals surface area contributed by atoms with E-state index in [1.54, 1.807) is 12.1 Å². The van der Waals surface area contributed by atoms with Crippen LogP contribution >= 0.6 is 11.3 Å². The molecule has 1 aliphatic heterocycles. The van der Waals surface area contributed by atoms with Crippen LogP contribution in [-0.4, -0.2) is 52.2 Å². The van der Waals surface area contributed by atoms with Crippen LogP contribution in [0.3, 0.4) is 0 Å². The van der Waals surface area contributed by atoms with Gasteiger partial charge in [-0.3, -0.25) is 9.59 Å². The van der Waals surface area contributed by atoms with Gasteiger partial charge in [0.2, 0.25) is 15.9 Å². The molecule has 2 heterocycles. The minimum absolute atomic E-state index is 0.0847. The Morgan fingerprint density at radius 3 is 2.58 bits per heavy atom. The fraction of sp³-hybridized carbons (Fsp3) is 0.250. The molecule has 174 valence electrons. The van der Waals surface area contributed by atoms with E-state index in [-0.39, 0.29) is 17.5 Å². The molecule has 4 rings (SSSR count). The molecular weight excluding hydrogens is 488 g/mol. The van der Waals surface area contributed by atoms with Gasteiger partial charge >= 0.3 is 0 Å². The summed E-state index contributed by atoms with van der Waals surface area (Å²) in [6.45, 7) is 0.153. The van der Waals surface area contributed by atoms with E-state index in [1.807, 2.05) is 24.3 Å². The van der Waals surface area contributed by atoms with Gasteiger partial charge in [-0.25, -0.2) is 27.0 Å². The summed E-state index contributed by atoms with van der Waals surface area (Å²) in [6, 6.07) is 10.9. The minimum Gasteiger partial charge on any atom is -0.354 e. The lowest BCUT2D eigenvalue weighted by Gasteiger charge is -2.12. The third-order valence-corrected chi connectivity index (χ3v) is 8.40. The first kappa shape index (κ1) is 23.3. The molecule has 0 bridgehead atoms. The predicted molar refractivity (Wildman–Crippen MR) is 125 cm³/mol. The Morgan fingerprint density at radius 1 is 1.18 bits per heavy atom. The molecule has 2 aromatic carbocycles. The number of benzene rings is 2. The quantitative estimate of drug-likeness (QED) is 0.422. The number of nitrogens with two attached hydrogens (primary N) is 1. The summed E-state index contributed by atoms with van der Waals surface area (Å²) in [5.41, 5.74) is 3.82. The van der Waals surface area contributed by atoms with E-state index in [0.29, 0.717) is 22.3 Å². The van der Waals surface area contributed by atoms with E-state index in [4.69, 9.17) is 5.14 Å². The Kier molecular flexibility index (Phi) is 5.99. The normalized spacial score (nSPS) is 14.7. The second kappa shape index (κ2) is 8.48. The summed E-state index contributed by atoms with van der Waals surface area (Å²) in [4.78, 5) is 28.7. The van der Waals surface area contributed by atoms with Gasteiger partial charge in [0.25, 0.3) is 5.91 Å². The molecule has 0 spiro atoms. The van der Waals surface area contributed by atoms with Gasteiger partial charge in [0.05, 0.1) is 16.0 Å². The Morgan fingerprint density at radius 2 is 1.88 bits per heavy atom. The molecule has 2 amide bonds. The molecule has 1 atom stereocenters. The minimum atomic E-state index is -3.89. The first-order valence-electron chi connectivity index (χ1n) is 9.71. The number of sulfone groups is 1. The van der Waals surface area contributed by atoms with Crippen LogP contribution in [0.5, 0.6) is 0 Å². The number of amides is 2. The van der Waals surface area contributed by atoms with Gasteiger partial charge in [-0.05, 0) is 41.0 Å². The lowest BCUT2D eigenvalue weighted by atomic mass is 10.0. The zero-order chi connectivity index (χ0) is 24.0. The summed E-state index contributed by atoms with van der Waals surface area (Å²) < 4.78 is 47.6. The Balaban J connectivity index is 1.65. The lowest BCUT2D eigenvalue weighted by molar-refractivity contribution is -0.120. The zero-order valence-electron chi connectivity index (χ0n) is 17.4. The van der Waals surface area contributed by atoms with E-state index in [9.17, 15) is 26.4 Å². The number of thiazole rings is 1. The molecular formula is C20H20N4O6S3. The number of primary sulfonamides is 1. The van der Waals surface area contributed by atoms with Crippen molar-refractivity contribution in [1.29, 1.82) is 0 Å². The van der Waals surface area contributed by atoms with Crippen molar-refractivity contribution in [2.75, 3.05) is 18.6 Å². The van der Waals surface area contributed by atoms with E-state index in [1.165, 1.54) is 0 Å². The number of nitrogens with one attached hydrogen (secondary N) is 2. The summed E-state index contributed by atoms with van der Waals surface area (Å²) in [5, 5.41) is 8.51. The Bertz CT molecular complexity index is 1500. The van der Waals surface area contributed by atoms with Crippen molar-refractivity contribution in [2.24, 2.45) is 5.14 Å². The van der Waals surface area contributed by atoms with Crippen molar-refractivity contribution < 1.29 is 26.4 Å². The summed E-state index contributed by atoms with van der Waals surface area (Å²) in [5.74, 6) is -1.48. The van der Waals surface area contributed by atoms with Crippen molar-refractivity contribution in [3.63, 3.8) is 0 Å². The van der Waals surface area contributed by atoms with Crippen LogP contribution in [0.15, 0.2) is 36.4 Å². The Hall–Kier alpha value is -2.87. The lowest BCUT2D eigenvalue weighted by Crippen LogP contribution is -2.37. The van der Waals surface area contributed by atoms with Gasteiger partial charge in [0.1, 0.15) is 5.01 Å². The summed E-state index contributed by atoms with van der Waals surface area (Å²) in [7, 11) is -7.69. The fourth-order valence-corrected chi connectivity index (χ4v) is 6.48. The van der Waals surface area contributed by atoms with Crippen LogP contribution in [0.4, 0.5) is 0 Å². The van der Waals surface area contributed by atoms with Crippen LogP contribution < -0.4 is 15.8 Å². The fourth-order valence-electron chi connectivity index (χ4n) is 3.54. The summed E-state index contributed by atoms with van der Waals surface area (Å²) in [6.07, 6.45) is 0.925. The van der Waals surface area contributed by atoms with Crippen molar-refractivity contribution in [1.82, 2.24) is 15.6 Å². The molecule has 0 saturated carbocycles. The monoisotopic (exact) mass is 508 g/mol. The number of fused-ring (bicyclic) bond motifs is 2. The maximum Gasteiger partial charge on any atom is 0.251 e. The van der Waals surface area contributed by atoms with E-state index < -0.39 is 36.8 Å². The number of nitrogens with zero attached hydrogens (tertiary/aromatic N) is 1. The molecule has 1 unspecified atom stereocenters. The smallest absolute Gasteiger partial charge is 0.251 e. The molecule has 33 heavy (non-hydrogen) atoms. The van der Waals surface area contributed by atoms with Crippen LogP contribution in [0.2, 0.25) is 0 Å². The molecule has 0 saturated heterocycles. The van der Waals surface area contributed by atoms with Gasteiger partial charge in [0, 0.05) is 24.9 Å². The molecule has 13 heteroatoms. The maximum absolute atomic E-state index is 12.6. The van der Waals surface area contributed by atoms with Gasteiger partial charge in [-0.1, -0.05) is 12.1 Å². The number of hydrogen-bond donors (Lipinski definition) is 3. The second-order valence-corrected chi connectivity index (χ2v) is 12.6. The van der Waals surface area contributed by atoms with Crippen molar-refractivity contribution in [3.05, 3.63) is 52.5 Å². The van der Waals surface area contributed by atoms with Crippen molar-refractivity contribution >= 4 is 53.2 Å². The highest BCUT2D eigenvalue weighted by Crippen LogP contribution is 2.34. The van der Waals surface area contributed by atoms with Crippen LogP contribution in [-0.2, 0) is 31.2 Å². The third kappa shape index (κ3) is 5.05. The van der Waals surface area contributed by atoms with Gasteiger partial charge in [-0.2, -0.15) is 0 Å². The van der Waals surface area contributed by atoms with Gasteiger partial charge in [0.15, 0.2) is 15.1 Å². The number of sulfonamides is 1. The Labute approximate surface area is 194 Å². The number of hydrogen-bond acceptors (Lipinski definition) is 8. The largest absolute Gasteiger partial charge is 0.354 e. The topological polar surface area (TPSA) is 165 Å². The van der Waals surface area contributed by atoms with Gasteiger partial charge < -0.3 is 10.6 Å². The highest BCUT2D eigenvalue weighted by Gasteiger charge is 2.34. The number of aromatic nitrogens is 1. The van der Waals surface area contributed by atoms with Crippen LogP contribution in [0, 0.1) is 0 Å². The SMILES string of the molecule is CS(=O)(=O)C(C(=O)NCCS(N)(=O)=O)c1nc2ccc(-c3ccc4c(c3)CNC4=O)cc2s1. The van der Waals surface area contributed by atoms with E-state index in [2.05, 4.69) is 15.6 Å². The second-order valence-electron chi connectivity index (χ2n) is 7.66. The summed E-state index contributed by atoms with van der Waals surface area (Å²) >= 11 is 1.07. The van der Waals surface area contributed by atoms with E-state index in [0.717, 1.165) is 34.3 Å². The van der Waals surface area contributed by atoms with Crippen LogP contribution in [0.25, 0.3) is 21.3 Å². The number of carbonyl (C=O) groups is 2. The average molecular weight is 509 g/mol. The highest BCUT2D eigenvalue weighted by atomic mass is 32.2. The van der Waals surface area contributed by atoms with Gasteiger partial charge in [-0.15, -0.1) is 11.3 Å². The molecule has 0 radical (unpaired) electrons. The molecule has 3 aromatic rings. The number of rotatable bonds is 7. The molecule has 4 N–H and O–H groups in total. The first-order chi connectivity index (χ1) is 15.4. The maximum atomic E-state index is 12.6. The molecule has 1 aromatic heterocycles. The zero-order valence-corrected chi connectivity index (χ0v) is 19.8. The average Bonchev–Trinajstić information content (AvgIpc) is 3.28. The standard InChI is InChI=1S/C20H20N4O6S3/c1-32(27,28)17(19(26)22-6-7-33(21,29)30)20-24-15-5-3-12(9-16(15)31-20)11-2-4-14-13(8-11)10-23-18(14)25/h2-5,8-9,17H,6-7,10H2,1H3,(H,22,26)(H,23,25)(H2,21,29,30). The van der Waals surface area contributed by atoms with E-state index >= 15 is 0 Å². The highest BCUT2D eigenvalue weighted by molar-refractivity contribution is 7.91. The molecule has 10 nitrogen and oxygen atoms in total. The predicted octanol–water partition coefficient (Wildman–Crippen LogP) is 0.697. The molecule has 1 aliphatic rings. The number of carbonyl (C=O) groups excluding carboxylic acids is 2. The third-order valence-electron chi connectivity index (χ3n) is 5.10.